The van der Waals surface area contributed by atoms with Crippen LogP contribution in [-0.2, 0) is 0 Å². The fourth-order valence-electron chi connectivity index (χ4n) is 2.14. The van der Waals surface area contributed by atoms with Gasteiger partial charge in [-0.15, -0.1) is 0 Å². The Labute approximate surface area is 63.4 Å². The minimum atomic E-state index is 0.0199. The first-order valence-corrected chi connectivity index (χ1v) is 4.40. The average Bonchev–Trinajstić information content (AvgIpc) is 1.84. The highest BCUT2D eigenvalue weighted by Gasteiger charge is 2.40. The van der Waals surface area contributed by atoms with Gasteiger partial charge in [-0.3, -0.25) is 0 Å². The van der Waals surface area contributed by atoms with Gasteiger partial charge in [-0.2, -0.15) is 0 Å². The molecule has 0 radical (unpaired) electrons. The first-order valence-electron chi connectivity index (χ1n) is 4.40. The molecular weight excluding hydrogens is 124 g/mol. The summed E-state index contributed by atoms with van der Waals surface area (Å²) in [4.78, 5) is 0. The van der Waals surface area contributed by atoms with Gasteiger partial charge in [-0.05, 0) is 24.7 Å². The van der Waals surface area contributed by atoms with Gasteiger partial charge in [0.1, 0.15) is 0 Å². The quantitative estimate of drug-likeness (QED) is 0.641. The molecule has 0 saturated heterocycles. The van der Waals surface area contributed by atoms with Crippen LogP contribution in [0.4, 0.5) is 0 Å². The molecule has 60 valence electrons. The van der Waals surface area contributed by atoms with E-state index in [1.807, 2.05) is 0 Å². The fraction of sp³-hybridized carbons (Fsp3) is 1.00. The van der Waals surface area contributed by atoms with Gasteiger partial charge in [-0.1, -0.05) is 26.7 Å². The minimum Gasteiger partial charge on any atom is -0.393 e. The van der Waals surface area contributed by atoms with E-state index >= 15 is 0 Å². The van der Waals surface area contributed by atoms with Crippen molar-refractivity contribution in [3.8, 4) is 0 Å². The summed E-state index contributed by atoms with van der Waals surface area (Å²) in [5.74, 6) is 0. The summed E-state index contributed by atoms with van der Waals surface area (Å²) >= 11 is 0. The third-order valence-electron chi connectivity index (χ3n) is 2.87. The molecule has 1 N–H and O–H groups in total. The molecule has 0 aromatic heterocycles. The van der Waals surface area contributed by atoms with E-state index in [2.05, 4.69) is 13.8 Å². The molecule has 1 aliphatic carbocycles. The third kappa shape index (κ3) is 1.34. The van der Waals surface area contributed by atoms with E-state index in [9.17, 15) is 0 Å². The smallest absolute Gasteiger partial charge is 0.0550 e. The van der Waals surface area contributed by atoms with Crippen LogP contribution < -0.4 is 0 Å². The monoisotopic (exact) mass is 142 g/mol. The highest BCUT2D eigenvalue weighted by atomic mass is 16.3. The number of hydrogen-bond acceptors (Lipinski definition) is 1. The SMILES string of the molecule is CCCC1(CC)CC(O)C1. The molecule has 0 aromatic carbocycles. The van der Waals surface area contributed by atoms with Crippen molar-refractivity contribution in [1.29, 1.82) is 0 Å². The van der Waals surface area contributed by atoms with Crippen LogP contribution in [0.5, 0.6) is 0 Å². The minimum absolute atomic E-state index is 0.0199. The van der Waals surface area contributed by atoms with Crippen LogP contribution >= 0.6 is 0 Å². The molecule has 1 nitrogen and oxygen atoms in total. The molecule has 0 bridgehead atoms. The molecule has 10 heavy (non-hydrogen) atoms. The normalized spacial score (nSPS) is 39.3. The van der Waals surface area contributed by atoms with Crippen LogP contribution in [-0.4, -0.2) is 11.2 Å². The summed E-state index contributed by atoms with van der Waals surface area (Å²) in [6, 6.07) is 0. The second kappa shape index (κ2) is 2.91. The van der Waals surface area contributed by atoms with Crippen LogP contribution in [0.25, 0.3) is 0 Å². The zero-order chi connectivity index (χ0) is 7.61. The maximum Gasteiger partial charge on any atom is 0.0550 e. The van der Waals surface area contributed by atoms with E-state index in [0.29, 0.717) is 5.41 Å². The zero-order valence-corrected chi connectivity index (χ0v) is 7.06. The van der Waals surface area contributed by atoms with Crippen molar-refractivity contribution >= 4 is 0 Å². The van der Waals surface area contributed by atoms with Gasteiger partial charge in [0.2, 0.25) is 0 Å². The first-order chi connectivity index (χ1) is 4.72. The lowest BCUT2D eigenvalue weighted by molar-refractivity contribution is -0.0401. The number of rotatable bonds is 3. The zero-order valence-electron chi connectivity index (χ0n) is 7.06. The molecule has 0 spiro atoms. The summed E-state index contributed by atoms with van der Waals surface area (Å²) in [6.45, 7) is 4.46. The van der Waals surface area contributed by atoms with Gasteiger partial charge in [0.15, 0.2) is 0 Å². The summed E-state index contributed by atoms with van der Waals surface area (Å²) in [7, 11) is 0. The molecule has 1 saturated carbocycles. The van der Waals surface area contributed by atoms with Crippen molar-refractivity contribution in [3.63, 3.8) is 0 Å². The van der Waals surface area contributed by atoms with Gasteiger partial charge >= 0.3 is 0 Å². The molecule has 1 aliphatic rings. The highest BCUT2D eigenvalue weighted by molar-refractivity contribution is 4.92. The molecule has 0 aliphatic heterocycles. The van der Waals surface area contributed by atoms with Gasteiger partial charge in [0.05, 0.1) is 6.10 Å². The van der Waals surface area contributed by atoms with E-state index in [0.717, 1.165) is 12.8 Å². The molecule has 1 fully saturated rings. The van der Waals surface area contributed by atoms with Crippen LogP contribution in [0.3, 0.4) is 0 Å². The van der Waals surface area contributed by atoms with Crippen molar-refractivity contribution in [2.45, 2.75) is 52.1 Å². The van der Waals surface area contributed by atoms with E-state index in [1.165, 1.54) is 19.3 Å². The maximum absolute atomic E-state index is 9.14. The Morgan fingerprint density at radius 2 is 2.00 bits per heavy atom. The van der Waals surface area contributed by atoms with Gasteiger partial charge in [0.25, 0.3) is 0 Å². The number of hydrogen-bond donors (Lipinski definition) is 1. The van der Waals surface area contributed by atoms with Gasteiger partial charge in [0, 0.05) is 0 Å². The molecule has 0 unspecified atom stereocenters. The summed E-state index contributed by atoms with van der Waals surface area (Å²) in [5, 5.41) is 9.14. The Bertz CT molecular complexity index is 97.8. The van der Waals surface area contributed by atoms with Crippen molar-refractivity contribution < 1.29 is 5.11 Å². The molecule has 0 heterocycles. The van der Waals surface area contributed by atoms with Crippen molar-refractivity contribution in [2.24, 2.45) is 5.41 Å². The van der Waals surface area contributed by atoms with Crippen molar-refractivity contribution in [3.05, 3.63) is 0 Å². The predicted molar refractivity (Wildman–Crippen MR) is 42.9 cm³/mol. The van der Waals surface area contributed by atoms with Crippen LogP contribution in [0.15, 0.2) is 0 Å². The molecule has 0 amide bonds. The predicted octanol–water partition coefficient (Wildman–Crippen LogP) is 2.34. The lowest BCUT2D eigenvalue weighted by Crippen LogP contribution is -2.40. The average molecular weight is 142 g/mol. The van der Waals surface area contributed by atoms with Gasteiger partial charge < -0.3 is 5.11 Å². The lowest BCUT2D eigenvalue weighted by Gasteiger charge is -2.45. The Balaban J connectivity index is 2.32. The third-order valence-corrected chi connectivity index (χ3v) is 2.87. The first kappa shape index (κ1) is 8.06. The largest absolute Gasteiger partial charge is 0.393 e. The van der Waals surface area contributed by atoms with Crippen molar-refractivity contribution in [2.75, 3.05) is 0 Å². The fourth-order valence-corrected chi connectivity index (χ4v) is 2.14. The van der Waals surface area contributed by atoms with E-state index < -0.39 is 0 Å². The molecular formula is C9H18O. The lowest BCUT2D eigenvalue weighted by atomic mass is 9.63. The Morgan fingerprint density at radius 3 is 2.30 bits per heavy atom. The standard InChI is InChI=1S/C9H18O/c1-3-5-9(4-2)6-8(10)7-9/h8,10H,3-7H2,1-2H3. The molecule has 1 heteroatoms. The molecule has 0 aromatic rings. The van der Waals surface area contributed by atoms with Gasteiger partial charge in [-0.25, -0.2) is 0 Å². The van der Waals surface area contributed by atoms with E-state index in [1.54, 1.807) is 0 Å². The van der Waals surface area contributed by atoms with E-state index in [-0.39, 0.29) is 6.10 Å². The van der Waals surface area contributed by atoms with Crippen LogP contribution in [0.2, 0.25) is 0 Å². The molecule has 0 atom stereocenters. The number of aliphatic hydroxyl groups excluding tert-OH is 1. The summed E-state index contributed by atoms with van der Waals surface area (Å²) in [5.41, 5.74) is 0.536. The Morgan fingerprint density at radius 1 is 1.40 bits per heavy atom. The Kier molecular flexibility index (Phi) is 2.35. The van der Waals surface area contributed by atoms with Crippen molar-refractivity contribution in [1.82, 2.24) is 0 Å². The Hall–Kier alpha value is -0.0400. The second-order valence-corrected chi connectivity index (χ2v) is 3.67. The van der Waals surface area contributed by atoms with E-state index in [4.69, 9.17) is 5.11 Å². The maximum atomic E-state index is 9.14. The molecule has 1 rings (SSSR count). The number of aliphatic hydroxyl groups is 1. The van der Waals surface area contributed by atoms with Crippen LogP contribution in [0, 0.1) is 5.41 Å². The topological polar surface area (TPSA) is 20.2 Å². The summed E-state index contributed by atoms with van der Waals surface area (Å²) < 4.78 is 0. The van der Waals surface area contributed by atoms with Crippen LogP contribution in [0.1, 0.15) is 46.0 Å². The summed E-state index contributed by atoms with van der Waals surface area (Å²) in [6.07, 6.45) is 5.94. The highest BCUT2D eigenvalue weighted by Crippen LogP contribution is 2.47. The second-order valence-electron chi connectivity index (χ2n) is 3.67.